The smallest absolute Gasteiger partial charge is 0.239 e. The minimum Gasteiger partial charge on any atom is -0.325 e. The molecule has 22 heavy (non-hydrogen) atoms. The fraction of sp³-hybridized carbons (Fsp3) is 0.0625. The zero-order chi connectivity index (χ0) is 15.4. The molecule has 6 heteroatoms. The van der Waals surface area contributed by atoms with Crippen molar-refractivity contribution in [3.63, 3.8) is 0 Å². The third-order valence-corrected chi connectivity index (χ3v) is 4.13. The van der Waals surface area contributed by atoms with E-state index in [1.807, 2.05) is 41.8 Å². The highest BCUT2D eigenvalue weighted by Crippen LogP contribution is 2.29. The van der Waals surface area contributed by atoms with Crippen molar-refractivity contribution in [2.45, 2.75) is 0 Å². The Balaban J connectivity index is 1.87. The van der Waals surface area contributed by atoms with Gasteiger partial charge in [0.2, 0.25) is 5.91 Å². The Labute approximate surface area is 136 Å². The van der Waals surface area contributed by atoms with Crippen molar-refractivity contribution in [3.05, 3.63) is 54.2 Å². The first-order valence-corrected chi connectivity index (χ1v) is 8.00. The number of nitrogens with one attached hydrogen (secondary N) is 1. The third kappa shape index (κ3) is 3.32. The van der Waals surface area contributed by atoms with Gasteiger partial charge in [-0.05, 0) is 24.3 Å². The van der Waals surface area contributed by atoms with Crippen LogP contribution in [0, 0.1) is 0 Å². The van der Waals surface area contributed by atoms with Crippen LogP contribution in [0.1, 0.15) is 0 Å². The Morgan fingerprint density at radius 3 is 2.77 bits per heavy atom. The summed E-state index contributed by atoms with van der Waals surface area (Å²) in [6, 6.07) is 11.4. The molecule has 4 nitrogen and oxygen atoms in total. The largest absolute Gasteiger partial charge is 0.325 e. The van der Waals surface area contributed by atoms with E-state index in [1.54, 1.807) is 23.7 Å². The fourth-order valence-corrected chi connectivity index (χ4v) is 2.89. The number of nitrogens with zero attached hydrogens (tertiary/aromatic N) is 2. The van der Waals surface area contributed by atoms with Crippen molar-refractivity contribution in [3.8, 4) is 21.8 Å². The molecule has 2 aromatic heterocycles. The number of benzene rings is 1. The molecule has 0 radical (unpaired) electrons. The molecule has 1 amide bonds. The molecule has 0 aliphatic carbocycles. The number of carbonyl (C=O) groups is 1. The minimum atomic E-state index is -0.227. The number of rotatable bonds is 4. The van der Waals surface area contributed by atoms with Gasteiger partial charge < -0.3 is 5.32 Å². The lowest BCUT2D eigenvalue weighted by Crippen LogP contribution is -2.12. The molecule has 0 aliphatic rings. The summed E-state index contributed by atoms with van der Waals surface area (Å²) in [4.78, 5) is 20.0. The first-order chi connectivity index (χ1) is 10.8. The number of halogens is 1. The first kappa shape index (κ1) is 14.7. The predicted octanol–water partition coefficient (Wildman–Crippen LogP) is 4.05. The summed E-state index contributed by atoms with van der Waals surface area (Å²) in [5.74, 6) is -0.290. The Kier molecular flexibility index (Phi) is 4.46. The zero-order valence-corrected chi connectivity index (χ0v) is 13.1. The molecule has 0 saturated carbocycles. The molecule has 0 saturated heterocycles. The molecule has 0 bridgehead atoms. The van der Waals surface area contributed by atoms with Crippen molar-refractivity contribution in [2.24, 2.45) is 0 Å². The van der Waals surface area contributed by atoms with Crippen LogP contribution in [0.15, 0.2) is 54.2 Å². The number of amides is 1. The molecule has 3 aromatic rings. The summed E-state index contributed by atoms with van der Waals surface area (Å²) >= 11 is 7.08. The van der Waals surface area contributed by atoms with E-state index >= 15 is 0 Å². The average Bonchev–Trinajstić information content (AvgIpc) is 3.06. The number of hydrogen-bond acceptors (Lipinski definition) is 4. The number of pyridine rings is 1. The van der Waals surface area contributed by atoms with Crippen LogP contribution in [0.3, 0.4) is 0 Å². The van der Waals surface area contributed by atoms with Crippen LogP contribution in [0.5, 0.6) is 0 Å². The van der Waals surface area contributed by atoms with Crippen LogP contribution in [0.4, 0.5) is 5.69 Å². The highest BCUT2D eigenvalue weighted by Gasteiger charge is 2.08. The van der Waals surface area contributed by atoms with Crippen molar-refractivity contribution in [1.29, 1.82) is 0 Å². The highest BCUT2D eigenvalue weighted by molar-refractivity contribution is 7.13. The van der Waals surface area contributed by atoms with Gasteiger partial charge in [0, 0.05) is 34.6 Å². The second-order valence-electron chi connectivity index (χ2n) is 4.54. The molecule has 0 atom stereocenters. The van der Waals surface area contributed by atoms with Crippen LogP contribution < -0.4 is 5.32 Å². The van der Waals surface area contributed by atoms with E-state index < -0.39 is 0 Å². The van der Waals surface area contributed by atoms with Crippen molar-refractivity contribution in [2.75, 3.05) is 11.2 Å². The van der Waals surface area contributed by atoms with E-state index in [0.29, 0.717) is 5.69 Å². The summed E-state index contributed by atoms with van der Waals surface area (Å²) in [5, 5.41) is 5.67. The SMILES string of the molecule is O=C(CCl)Nc1cccc(-c2csc(-c3ccncc3)n2)c1. The normalized spacial score (nSPS) is 10.4. The van der Waals surface area contributed by atoms with E-state index in [0.717, 1.165) is 21.8 Å². The Hall–Kier alpha value is -2.24. The summed E-state index contributed by atoms with van der Waals surface area (Å²) in [7, 11) is 0. The zero-order valence-electron chi connectivity index (χ0n) is 11.5. The van der Waals surface area contributed by atoms with Gasteiger partial charge in [-0.15, -0.1) is 22.9 Å². The van der Waals surface area contributed by atoms with Gasteiger partial charge in [-0.2, -0.15) is 0 Å². The highest BCUT2D eigenvalue weighted by atomic mass is 35.5. The van der Waals surface area contributed by atoms with E-state index in [1.165, 1.54) is 0 Å². The number of thiazole rings is 1. The molecule has 1 N–H and O–H groups in total. The minimum absolute atomic E-state index is 0.0624. The van der Waals surface area contributed by atoms with Crippen molar-refractivity contribution >= 4 is 34.5 Å². The number of hydrogen-bond donors (Lipinski definition) is 1. The first-order valence-electron chi connectivity index (χ1n) is 6.58. The van der Waals surface area contributed by atoms with Gasteiger partial charge in [0.05, 0.1) is 5.69 Å². The van der Waals surface area contributed by atoms with Crippen LogP contribution in [-0.2, 0) is 4.79 Å². The van der Waals surface area contributed by atoms with Gasteiger partial charge in [-0.25, -0.2) is 4.98 Å². The van der Waals surface area contributed by atoms with Crippen LogP contribution >= 0.6 is 22.9 Å². The summed E-state index contributed by atoms with van der Waals surface area (Å²) in [6.07, 6.45) is 3.50. The van der Waals surface area contributed by atoms with Crippen LogP contribution in [0.25, 0.3) is 21.8 Å². The molecular formula is C16H12ClN3OS. The predicted molar refractivity (Wildman–Crippen MR) is 90.1 cm³/mol. The lowest BCUT2D eigenvalue weighted by Gasteiger charge is -2.04. The topological polar surface area (TPSA) is 54.9 Å². The maximum Gasteiger partial charge on any atom is 0.239 e. The maximum absolute atomic E-state index is 11.4. The lowest BCUT2D eigenvalue weighted by molar-refractivity contribution is -0.113. The Morgan fingerprint density at radius 1 is 1.18 bits per heavy atom. The van der Waals surface area contributed by atoms with Gasteiger partial charge in [0.25, 0.3) is 0 Å². The molecule has 0 spiro atoms. The number of alkyl halides is 1. The van der Waals surface area contributed by atoms with Gasteiger partial charge in [0.1, 0.15) is 10.9 Å². The number of aromatic nitrogens is 2. The molecule has 110 valence electrons. The molecule has 0 aliphatic heterocycles. The second kappa shape index (κ2) is 6.68. The van der Waals surface area contributed by atoms with Crippen molar-refractivity contribution < 1.29 is 4.79 Å². The lowest BCUT2D eigenvalue weighted by atomic mass is 10.1. The summed E-state index contributed by atoms with van der Waals surface area (Å²) in [5.41, 5.74) is 3.57. The summed E-state index contributed by atoms with van der Waals surface area (Å²) < 4.78 is 0. The Bertz CT molecular complexity index is 789. The quantitative estimate of drug-likeness (QED) is 0.735. The summed E-state index contributed by atoms with van der Waals surface area (Å²) in [6.45, 7) is 0. The van der Waals surface area contributed by atoms with Crippen LogP contribution in [0.2, 0.25) is 0 Å². The molecular weight excluding hydrogens is 318 g/mol. The van der Waals surface area contributed by atoms with E-state index in [9.17, 15) is 4.79 Å². The molecule has 3 rings (SSSR count). The molecule has 1 aromatic carbocycles. The fourth-order valence-electron chi connectivity index (χ4n) is 1.98. The van der Waals surface area contributed by atoms with E-state index in [2.05, 4.69) is 15.3 Å². The molecule has 2 heterocycles. The van der Waals surface area contributed by atoms with Gasteiger partial charge in [0.15, 0.2) is 0 Å². The standard InChI is InChI=1S/C16H12ClN3OS/c17-9-15(21)19-13-3-1-2-12(8-13)14-10-22-16(20-14)11-4-6-18-7-5-11/h1-8,10H,9H2,(H,19,21). The average molecular weight is 330 g/mol. The second-order valence-corrected chi connectivity index (χ2v) is 5.66. The van der Waals surface area contributed by atoms with Gasteiger partial charge in [-0.3, -0.25) is 9.78 Å². The maximum atomic E-state index is 11.4. The van der Waals surface area contributed by atoms with E-state index in [4.69, 9.17) is 11.6 Å². The third-order valence-electron chi connectivity index (χ3n) is 2.99. The number of carbonyl (C=O) groups excluding carboxylic acids is 1. The number of anilines is 1. The monoisotopic (exact) mass is 329 g/mol. The molecule has 0 fully saturated rings. The van der Waals surface area contributed by atoms with Crippen LogP contribution in [-0.4, -0.2) is 21.8 Å². The Morgan fingerprint density at radius 2 is 2.00 bits per heavy atom. The molecule has 0 unspecified atom stereocenters. The van der Waals surface area contributed by atoms with Gasteiger partial charge in [-0.1, -0.05) is 12.1 Å². The van der Waals surface area contributed by atoms with E-state index in [-0.39, 0.29) is 11.8 Å². The van der Waals surface area contributed by atoms with Gasteiger partial charge >= 0.3 is 0 Å². The van der Waals surface area contributed by atoms with Crippen molar-refractivity contribution in [1.82, 2.24) is 9.97 Å².